The maximum absolute atomic E-state index is 13.5. The first-order valence-corrected chi connectivity index (χ1v) is 11.9. The molecule has 2 amide bonds. The highest BCUT2D eigenvalue weighted by molar-refractivity contribution is 7.92. The smallest absolute Gasteiger partial charge is 0.323 e. The molecular weight excluding hydrogens is 470 g/mol. The molecule has 168 valence electrons. The van der Waals surface area contributed by atoms with Gasteiger partial charge >= 0.3 is 6.03 Å². The molecule has 2 aliphatic heterocycles. The molecule has 2 heterocycles. The van der Waals surface area contributed by atoms with Crippen LogP contribution in [0.1, 0.15) is 19.3 Å². The van der Waals surface area contributed by atoms with Crippen LogP contribution in [0.15, 0.2) is 41.8 Å². The number of halogens is 3. The summed E-state index contributed by atoms with van der Waals surface area (Å²) in [5.41, 5.74) is 0.0264. The van der Waals surface area contributed by atoms with Crippen LogP contribution in [-0.4, -0.2) is 53.2 Å². The predicted octanol–water partition coefficient (Wildman–Crippen LogP) is 3.03. The zero-order valence-corrected chi connectivity index (χ0v) is 18.6. The molecular formula is C19H21Cl2FN4O4S. The van der Waals surface area contributed by atoms with Crippen LogP contribution >= 0.6 is 23.2 Å². The number of anilines is 1. The molecule has 0 saturated carbocycles. The SMILES string of the molecule is O=C(NC1=C(O)CC(Cl)(S(=O)(=O)N2C[C@H]3CC[C@@H](C2)N3)C=C1)Nc1cccc(F)c1Cl. The van der Waals surface area contributed by atoms with Crippen LogP contribution in [0.3, 0.4) is 0 Å². The normalized spacial score (nSPS) is 28.6. The lowest BCUT2D eigenvalue weighted by atomic mass is 10.1. The van der Waals surface area contributed by atoms with Crippen molar-refractivity contribution in [3.05, 3.63) is 52.6 Å². The second kappa shape index (κ2) is 8.25. The van der Waals surface area contributed by atoms with Gasteiger partial charge in [0.1, 0.15) is 11.6 Å². The minimum Gasteiger partial charge on any atom is -0.510 e. The molecule has 1 aromatic carbocycles. The molecule has 2 saturated heterocycles. The number of benzene rings is 1. The van der Waals surface area contributed by atoms with Gasteiger partial charge in [-0.05, 0) is 37.1 Å². The lowest BCUT2D eigenvalue weighted by Crippen LogP contribution is -2.56. The van der Waals surface area contributed by atoms with Gasteiger partial charge in [-0.15, -0.1) is 0 Å². The second-order valence-electron chi connectivity index (χ2n) is 7.80. The number of amides is 2. The summed E-state index contributed by atoms with van der Waals surface area (Å²) in [7, 11) is -3.96. The van der Waals surface area contributed by atoms with E-state index in [4.69, 9.17) is 23.2 Å². The summed E-state index contributed by atoms with van der Waals surface area (Å²) in [6.45, 7) is 0.654. The number of fused-ring (bicyclic) bond motifs is 2. The Hall–Kier alpha value is -1.85. The summed E-state index contributed by atoms with van der Waals surface area (Å²) in [6, 6.07) is 3.34. The number of nitrogens with one attached hydrogen (secondary N) is 3. The molecule has 0 aromatic heterocycles. The van der Waals surface area contributed by atoms with Gasteiger partial charge in [-0.2, -0.15) is 4.31 Å². The van der Waals surface area contributed by atoms with Gasteiger partial charge in [-0.3, -0.25) is 0 Å². The number of alkyl halides is 1. The number of carbonyl (C=O) groups excluding carboxylic acids is 1. The summed E-state index contributed by atoms with van der Waals surface area (Å²) in [6.07, 6.45) is 3.89. The van der Waals surface area contributed by atoms with E-state index < -0.39 is 32.5 Å². The van der Waals surface area contributed by atoms with E-state index in [0.29, 0.717) is 13.1 Å². The zero-order valence-electron chi connectivity index (χ0n) is 16.2. The molecule has 12 heteroatoms. The number of carbonyl (C=O) groups is 1. The first-order valence-electron chi connectivity index (χ1n) is 9.67. The van der Waals surface area contributed by atoms with Gasteiger partial charge in [0.15, 0.2) is 4.21 Å². The molecule has 31 heavy (non-hydrogen) atoms. The van der Waals surface area contributed by atoms with Crippen LogP contribution in [0.25, 0.3) is 0 Å². The number of piperazine rings is 1. The summed E-state index contributed by atoms with van der Waals surface area (Å²) in [5, 5.41) is 18.3. The van der Waals surface area contributed by atoms with Crippen LogP contribution in [0, 0.1) is 5.82 Å². The topological polar surface area (TPSA) is 111 Å². The lowest BCUT2D eigenvalue weighted by molar-refractivity contribution is 0.253. The molecule has 1 unspecified atom stereocenters. The third-order valence-electron chi connectivity index (χ3n) is 5.62. The van der Waals surface area contributed by atoms with Crippen molar-refractivity contribution in [3.8, 4) is 0 Å². The minimum absolute atomic E-state index is 0.0168. The quantitative estimate of drug-likeness (QED) is 0.484. The van der Waals surface area contributed by atoms with Gasteiger partial charge in [0.25, 0.3) is 0 Å². The van der Waals surface area contributed by atoms with Gasteiger partial charge in [0, 0.05) is 31.6 Å². The summed E-state index contributed by atoms with van der Waals surface area (Å²) >= 11 is 12.3. The van der Waals surface area contributed by atoms with Crippen molar-refractivity contribution in [2.75, 3.05) is 18.4 Å². The van der Waals surface area contributed by atoms with Crippen molar-refractivity contribution in [1.29, 1.82) is 0 Å². The van der Waals surface area contributed by atoms with Crippen LogP contribution in [0.4, 0.5) is 14.9 Å². The largest absolute Gasteiger partial charge is 0.510 e. The number of nitrogens with zero attached hydrogens (tertiary/aromatic N) is 1. The number of rotatable bonds is 4. The van der Waals surface area contributed by atoms with Gasteiger partial charge in [0.05, 0.1) is 16.4 Å². The standard InChI is InChI=1S/C19H21Cl2FN4O4S/c20-17-13(22)2-1-3-15(17)25-18(28)24-14-6-7-19(21,8-16(14)27)31(29,30)26-9-11-4-5-12(10-26)23-11/h1-3,6-7,11-12,23,27H,4-5,8-10H2,(H2,24,25,28)/t11-,12+,19?. The maximum Gasteiger partial charge on any atom is 0.323 e. The number of hydrogen-bond acceptors (Lipinski definition) is 5. The first kappa shape index (κ1) is 22.3. The monoisotopic (exact) mass is 490 g/mol. The maximum atomic E-state index is 13.5. The minimum atomic E-state index is -3.96. The number of aliphatic hydroxyl groups is 1. The van der Waals surface area contributed by atoms with Crippen molar-refractivity contribution in [2.24, 2.45) is 0 Å². The Morgan fingerprint density at radius 3 is 2.58 bits per heavy atom. The Morgan fingerprint density at radius 2 is 1.94 bits per heavy atom. The van der Waals surface area contributed by atoms with Crippen molar-refractivity contribution >= 4 is 44.9 Å². The number of sulfonamides is 1. The Labute approximate surface area is 189 Å². The van der Waals surface area contributed by atoms with Crippen molar-refractivity contribution in [1.82, 2.24) is 14.9 Å². The van der Waals surface area contributed by atoms with Crippen LogP contribution in [0.2, 0.25) is 5.02 Å². The molecule has 3 aliphatic rings. The third kappa shape index (κ3) is 4.27. The molecule has 1 aromatic rings. The van der Waals surface area contributed by atoms with Gasteiger partial charge in [0.2, 0.25) is 10.0 Å². The van der Waals surface area contributed by atoms with E-state index in [9.17, 15) is 22.7 Å². The first-order chi connectivity index (χ1) is 14.6. The third-order valence-corrected chi connectivity index (χ3v) is 8.96. The van der Waals surface area contributed by atoms with Crippen molar-refractivity contribution in [3.63, 3.8) is 0 Å². The molecule has 0 radical (unpaired) electrons. The predicted molar refractivity (Wildman–Crippen MR) is 116 cm³/mol. The molecule has 4 N–H and O–H groups in total. The Kier molecular flexibility index (Phi) is 5.95. The van der Waals surface area contributed by atoms with Crippen LogP contribution in [-0.2, 0) is 10.0 Å². The number of urea groups is 1. The summed E-state index contributed by atoms with van der Waals surface area (Å²) in [5.74, 6) is -1.09. The molecule has 3 atom stereocenters. The Bertz CT molecular complexity index is 1070. The van der Waals surface area contributed by atoms with E-state index in [2.05, 4.69) is 16.0 Å². The van der Waals surface area contributed by atoms with E-state index in [1.54, 1.807) is 0 Å². The van der Waals surface area contributed by atoms with Crippen molar-refractivity contribution in [2.45, 2.75) is 35.6 Å². The van der Waals surface area contributed by atoms with E-state index in [1.165, 1.54) is 28.6 Å². The van der Waals surface area contributed by atoms with E-state index >= 15 is 0 Å². The lowest BCUT2D eigenvalue weighted by Gasteiger charge is -2.37. The van der Waals surface area contributed by atoms with Crippen LogP contribution in [0.5, 0.6) is 0 Å². The molecule has 0 spiro atoms. The Balaban J connectivity index is 1.45. The second-order valence-corrected chi connectivity index (χ2v) is 11.3. The van der Waals surface area contributed by atoms with Crippen LogP contribution < -0.4 is 16.0 Å². The highest BCUT2D eigenvalue weighted by atomic mass is 35.5. The fraction of sp³-hybridized carbons (Fsp3) is 0.421. The Morgan fingerprint density at radius 1 is 1.26 bits per heavy atom. The number of hydrogen-bond donors (Lipinski definition) is 4. The van der Waals surface area contributed by atoms with E-state index in [0.717, 1.165) is 18.9 Å². The fourth-order valence-corrected chi connectivity index (χ4v) is 6.42. The molecule has 2 fully saturated rings. The molecule has 1 aliphatic carbocycles. The molecule has 2 bridgehead atoms. The van der Waals surface area contributed by atoms with Gasteiger partial charge in [-0.1, -0.05) is 29.3 Å². The average molecular weight is 491 g/mol. The fourth-order valence-electron chi connectivity index (χ4n) is 4.02. The highest BCUT2D eigenvalue weighted by Crippen LogP contribution is 2.39. The summed E-state index contributed by atoms with van der Waals surface area (Å²) in [4.78, 5) is 12.2. The van der Waals surface area contributed by atoms with E-state index in [-0.39, 0.29) is 34.2 Å². The zero-order chi connectivity index (χ0) is 22.4. The highest BCUT2D eigenvalue weighted by Gasteiger charge is 2.49. The van der Waals surface area contributed by atoms with Gasteiger partial charge < -0.3 is 21.1 Å². The summed E-state index contributed by atoms with van der Waals surface area (Å²) < 4.78 is 39.4. The van der Waals surface area contributed by atoms with Gasteiger partial charge in [-0.25, -0.2) is 17.6 Å². The van der Waals surface area contributed by atoms with E-state index in [1.807, 2.05) is 0 Å². The number of aliphatic hydroxyl groups excluding tert-OH is 1. The van der Waals surface area contributed by atoms with Crippen molar-refractivity contribution < 1.29 is 22.7 Å². The number of allylic oxidation sites excluding steroid dienone is 2. The average Bonchev–Trinajstić information content (AvgIpc) is 3.05. The molecule has 8 nitrogen and oxygen atoms in total. The molecule has 4 rings (SSSR count).